The minimum absolute atomic E-state index is 0.131. The van der Waals surface area contributed by atoms with E-state index in [1.165, 1.54) is 5.01 Å². The summed E-state index contributed by atoms with van der Waals surface area (Å²) in [6.45, 7) is 17.3. The molecule has 0 radical (unpaired) electrons. The zero-order valence-electron chi connectivity index (χ0n) is 45.2. The van der Waals surface area contributed by atoms with Crippen LogP contribution in [0.2, 0.25) is 0 Å². The summed E-state index contributed by atoms with van der Waals surface area (Å²) in [5.74, 6) is 3.95. The summed E-state index contributed by atoms with van der Waals surface area (Å²) in [5, 5.41) is 5.67. The number of esters is 1. The molecule has 6 atom stereocenters. The number of cyclic esters (lactones) is 1. The highest BCUT2D eigenvalue weighted by atomic mass is 16.5. The van der Waals surface area contributed by atoms with E-state index in [0.29, 0.717) is 84.7 Å². The molecule has 0 aliphatic carbocycles. The first-order chi connectivity index (χ1) is 36.6. The predicted molar refractivity (Wildman–Crippen MR) is 286 cm³/mol. The van der Waals surface area contributed by atoms with E-state index in [-0.39, 0.29) is 55.5 Å². The highest BCUT2D eigenvalue weighted by Crippen LogP contribution is 2.44. The number of methoxy groups -OCH3 is 1. The minimum Gasteiger partial charge on any atom is -0.464 e. The van der Waals surface area contributed by atoms with E-state index >= 15 is 0 Å². The molecule has 1 spiro atoms. The van der Waals surface area contributed by atoms with Crippen LogP contribution in [0.1, 0.15) is 90.2 Å². The zero-order valence-corrected chi connectivity index (χ0v) is 45.2. The second kappa shape index (κ2) is 22.1. The molecular weight excluding hydrogens is 965 g/mol. The number of nitrogens with one attached hydrogen (secondary N) is 2. The Hall–Kier alpha value is -6.16. The minimum atomic E-state index is -1.06. The van der Waals surface area contributed by atoms with Gasteiger partial charge in [-0.05, 0) is 104 Å². The molecule has 404 valence electrons. The van der Waals surface area contributed by atoms with Gasteiger partial charge in [0.05, 0.1) is 68.0 Å². The number of amides is 4. The third-order valence-electron chi connectivity index (χ3n) is 16.7. The summed E-state index contributed by atoms with van der Waals surface area (Å²) in [7, 11) is 1.69. The van der Waals surface area contributed by atoms with Gasteiger partial charge in [-0.15, -0.1) is 0 Å². The Kier molecular flexibility index (Phi) is 15.5. The number of likely N-dealkylation sites (tertiary alicyclic amines) is 2. The maximum absolute atomic E-state index is 14.9. The fourth-order valence-electron chi connectivity index (χ4n) is 12.4. The van der Waals surface area contributed by atoms with Gasteiger partial charge in [-0.1, -0.05) is 63.9 Å². The van der Waals surface area contributed by atoms with Gasteiger partial charge in [-0.3, -0.25) is 38.9 Å². The number of aromatic nitrogens is 2. The van der Waals surface area contributed by atoms with Gasteiger partial charge < -0.3 is 38.6 Å². The van der Waals surface area contributed by atoms with Gasteiger partial charge in [0.15, 0.2) is 0 Å². The Morgan fingerprint density at radius 1 is 0.961 bits per heavy atom. The molecule has 2 N–H and O–H groups in total. The molecule has 0 saturated carbocycles. The van der Waals surface area contributed by atoms with Crippen molar-refractivity contribution in [1.29, 1.82) is 0 Å². The summed E-state index contributed by atoms with van der Waals surface area (Å²) >= 11 is 0. The van der Waals surface area contributed by atoms with Crippen LogP contribution in [0.5, 0.6) is 0 Å². The van der Waals surface area contributed by atoms with Gasteiger partial charge in [0.25, 0.3) is 11.8 Å². The van der Waals surface area contributed by atoms with E-state index < -0.39 is 46.7 Å². The molecular formula is C59H74N8O9. The summed E-state index contributed by atoms with van der Waals surface area (Å²) in [6, 6.07) is 16.0. The van der Waals surface area contributed by atoms with Crippen LogP contribution in [0, 0.1) is 28.6 Å². The van der Waals surface area contributed by atoms with Crippen LogP contribution in [0.15, 0.2) is 60.8 Å². The average molecular weight is 1040 g/mol. The first-order valence-corrected chi connectivity index (χ1v) is 27.4. The van der Waals surface area contributed by atoms with Gasteiger partial charge >= 0.3 is 5.97 Å². The topological polar surface area (TPSA) is 177 Å². The number of rotatable bonds is 9. The second-order valence-electron chi connectivity index (χ2n) is 22.8. The van der Waals surface area contributed by atoms with Crippen molar-refractivity contribution in [3.63, 3.8) is 0 Å². The maximum atomic E-state index is 14.9. The SMILES string of the molecule is CCn1c(-c2cccnc2[C@H](C)OC)c2c3cc(ccc31)-c1cccc(c1)C[C@H](NC(=O)C(C(C)C)N1CC[C@]3(CCN(C(=O)C#C[C@H]4COCCN4C4COC4)C3)C1=O)C(=O)N1CCC[C@H](N1)C(=O)OCC(C)(C)C2. The highest BCUT2D eigenvalue weighted by Gasteiger charge is 2.54. The molecule has 6 aliphatic heterocycles. The third-order valence-corrected chi connectivity index (χ3v) is 16.7. The Bertz CT molecular complexity index is 2940. The number of morpholine rings is 1. The van der Waals surface area contributed by atoms with Crippen molar-refractivity contribution in [2.45, 2.75) is 123 Å². The van der Waals surface area contributed by atoms with Crippen molar-refractivity contribution >= 4 is 40.5 Å². The molecule has 76 heavy (non-hydrogen) atoms. The van der Waals surface area contributed by atoms with Crippen molar-refractivity contribution < 1.29 is 42.9 Å². The van der Waals surface area contributed by atoms with Crippen molar-refractivity contribution in [2.24, 2.45) is 16.7 Å². The molecule has 4 amide bonds. The van der Waals surface area contributed by atoms with E-state index in [0.717, 1.165) is 56.7 Å². The van der Waals surface area contributed by atoms with Gasteiger partial charge in [-0.2, -0.15) is 0 Å². The number of carbonyl (C=O) groups is 5. The molecule has 6 aliphatic rings. The zero-order chi connectivity index (χ0) is 53.5. The van der Waals surface area contributed by atoms with Crippen LogP contribution in [-0.2, 0) is 62.3 Å². The van der Waals surface area contributed by atoms with E-state index in [9.17, 15) is 24.0 Å². The first-order valence-electron chi connectivity index (χ1n) is 27.4. The Morgan fingerprint density at radius 3 is 2.53 bits per heavy atom. The molecule has 5 saturated heterocycles. The molecule has 5 fully saturated rings. The van der Waals surface area contributed by atoms with Crippen molar-refractivity contribution in [3.8, 4) is 34.2 Å². The summed E-state index contributed by atoms with van der Waals surface area (Å²) in [5.41, 5.74) is 9.65. The Morgan fingerprint density at radius 2 is 1.76 bits per heavy atom. The fraction of sp³-hybridized carbons (Fsp3) is 0.559. The maximum Gasteiger partial charge on any atom is 0.324 e. The molecule has 4 aromatic rings. The lowest BCUT2D eigenvalue weighted by Crippen LogP contribution is -2.62. The lowest BCUT2D eigenvalue weighted by atomic mass is 9.84. The van der Waals surface area contributed by atoms with E-state index in [1.54, 1.807) is 23.1 Å². The van der Waals surface area contributed by atoms with Gasteiger partial charge in [0.1, 0.15) is 18.1 Å². The van der Waals surface area contributed by atoms with Crippen LogP contribution in [-0.4, -0.2) is 162 Å². The smallest absolute Gasteiger partial charge is 0.324 e. The van der Waals surface area contributed by atoms with Gasteiger partial charge in [0.2, 0.25) is 11.8 Å². The van der Waals surface area contributed by atoms with Crippen molar-refractivity contribution in [2.75, 3.05) is 72.9 Å². The molecule has 2 aromatic carbocycles. The molecule has 2 aromatic heterocycles. The molecule has 10 rings (SSSR count). The number of benzene rings is 2. The predicted octanol–water partition coefficient (Wildman–Crippen LogP) is 5.32. The highest BCUT2D eigenvalue weighted by molar-refractivity contribution is 5.98. The lowest BCUT2D eigenvalue weighted by Gasteiger charge is -2.42. The number of aryl methyl sites for hydroxylation is 1. The number of hydrazine groups is 1. The van der Waals surface area contributed by atoms with Gasteiger partial charge in [-0.25, -0.2) is 5.43 Å². The molecule has 1 unspecified atom stereocenters. The van der Waals surface area contributed by atoms with Crippen LogP contribution in [0.4, 0.5) is 0 Å². The van der Waals surface area contributed by atoms with E-state index in [4.69, 9.17) is 23.9 Å². The number of ether oxygens (including phenoxy) is 4. The standard InChI is InChI=1S/C59H74N8O9/c1-8-64-49-18-16-41-30-45(49)46(53(64)44-14-10-22-60-51(44)38(4)73-7)31-58(5,6)36-76-56(71)47-15-11-23-67(62-47)55(70)48(29-39-12-9-13-40(41)28-39)61-54(69)52(37(2)3)66-25-21-59(57(66)72)20-24-63(35-59)50(68)19-17-42-32-74-27-26-65(42)43-33-75-34-43/h9-10,12-14,16,18,22,28,30,37-38,42-43,47-48,52,62H,8,11,15,20-21,23-27,29,31-36H2,1-7H3,(H,61,69)/t38-,42-,47-,48-,52?,59-/m0/s1. The average Bonchev–Trinajstić information content (AvgIpc) is 4.09. The van der Waals surface area contributed by atoms with Crippen LogP contribution < -0.4 is 10.7 Å². The first kappa shape index (κ1) is 53.2. The number of carbonyl (C=O) groups excluding carboxylic acids is 5. The van der Waals surface area contributed by atoms with Gasteiger partial charge in [0, 0.05) is 80.9 Å². The summed E-state index contributed by atoms with van der Waals surface area (Å²) < 4.78 is 25.5. The van der Waals surface area contributed by atoms with Crippen LogP contribution >= 0.6 is 0 Å². The largest absolute Gasteiger partial charge is 0.464 e. The van der Waals surface area contributed by atoms with Crippen molar-refractivity contribution in [3.05, 3.63) is 77.6 Å². The summed E-state index contributed by atoms with van der Waals surface area (Å²) in [6.07, 6.45) is 4.24. The second-order valence-corrected chi connectivity index (χ2v) is 22.8. The molecule has 8 heterocycles. The quantitative estimate of drug-likeness (QED) is 0.163. The van der Waals surface area contributed by atoms with Crippen LogP contribution in [0.25, 0.3) is 33.3 Å². The number of nitrogens with zero attached hydrogens (tertiary/aromatic N) is 6. The number of hydrogen-bond donors (Lipinski definition) is 2. The molecule has 6 bridgehead atoms. The monoisotopic (exact) mass is 1040 g/mol. The third kappa shape index (κ3) is 10.5. The number of pyridine rings is 1. The number of fused-ring (bicyclic) bond motifs is 6. The van der Waals surface area contributed by atoms with Crippen molar-refractivity contribution in [1.82, 2.24) is 40.0 Å². The number of hydrogen-bond acceptors (Lipinski definition) is 12. The molecule has 17 nitrogen and oxygen atoms in total. The Balaban J connectivity index is 0.940. The normalized spacial score (nSPS) is 25.2. The van der Waals surface area contributed by atoms with E-state index in [1.807, 2.05) is 39.0 Å². The fourth-order valence-corrected chi connectivity index (χ4v) is 12.4. The van der Waals surface area contributed by atoms with Crippen LogP contribution in [0.3, 0.4) is 0 Å². The Labute approximate surface area is 446 Å². The molecule has 17 heteroatoms. The van der Waals surface area contributed by atoms with E-state index in [2.05, 4.69) is 89.2 Å². The lowest BCUT2D eigenvalue weighted by molar-refractivity contribution is -0.155. The summed E-state index contributed by atoms with van der Waals surface area (Å²) in [4.78, 5) is 82.6.